The summed E-state index contributed by atoms with van der Waals surface area (Å²) in [5.41, 5.74) is 5.09. The molecule has 1 saturated heterocycles. The zero-order valence-corrected chi connectivity index (χ0v) is 18.7. The Morgan fingerprint density at radius 3 is 2.70 bits per heavy atom. The minimum atomic E-state index is -0.449. The van der Waals surface area contributed by atoms with Crippen LogP contribution in [0.4, 0.5) is 10.5 Å². The molecular weight excluding hydrogens is 420 g/mol. The van der Waals surface area contributed by atoms with Gasteiger partial charge in [-0.3, -0.25) is 14.5 Å². The average Bonchev–Trinajstić information content (AvgIpc) is 3.10. The number of carbonyl (C=O) groups excluding carboxylic acids is 3. The number of aryl methyl sites for hydroxylation is 1. The highest BCUT2D eigenvalue weighted by molar-refractivity contribution is 6.12. The number of Topliss-reactive ketones (excluding diaryl/α,β-unsaturated/α-hetero) is 1. The summed E-state index contributed by atoms with van der Waals surface area (Å²) in [7, 11) is 0. The maximum atomic E-state index is 13.3. The Morgan fingerprint density at radius 2 is 1.97 bits per heavy atom. The number of fused-ring (bicyclic) bond motifs is 1. The van der Waals surface area contributed by atoms with E-state index in [1.165, 1.54) is 6.92 Å². The van der Waals surface area contributed by atoms with Crippen LogP contribution in [0.15, 0.2) is 48.0 Å². The minimum Gasteiger partial charge on any atom is -0.442 e. The second kappa shape index (κ2) is 10.0. The number of hydrogen-bond donors (Lipinski definition) is 2. The highest BCUT2D eigenvalue weighted by Gasteiger charge is 2.33. The molecule has 7 heteroatoms. The fourth-order valence-electron chi connectivity index (χ4n) is 4.28. The number of rotatable bonds is 6. The van der Waals surface area contributed by atoms with Gasteiger partial charge in [0.2, 0.25) is 5.91 Å². The molecule has 172 valence electrons. The van der Waals surface area contributed by atoms with Crippen molar-refractivity contribution in [2.75, 3.05) is 24.6 Å². The maximum Gasteiger partial charge on any atom is 0.414 e. The SMILES string of the molecule is CC(=O)NC[C@H]1CN(c2ccc3c(c2)CCC/C(=C\c2ccc(CCO)cc2)C3=O)C(=O)O1. The molecular formula is C26H28N2O5. The third-order valence-electron chi connectivity index (χ3n) is 6.00. The number of nitrogens with one attached hydrogen (secondary N) is 1. The first-order chi connectivity index (χ1) is 15.9. The molecule has 1 heterocycles. The first-order valence-electron chi connectivity index (χ1n) is 11.2. The van der Waals surface area contributed by atoms with E-state index < -0.39 is 12.2 Å². The second-order valence-electron chi connectivity index (χ2n) is 8.46. The van der Waals surface area contributed by atoms with E-state index >= 15 is 0 Å². The molecule has 0 bridgehead atoms. The van der Waals surface area contributed by atoms with Crippen molar-refractivity contribution in [3.8, 4) is 0 Å². The Kier molecular flexibility index (Phi) is 6.89. The number of benzene rings is 2. The van der Waals surface area contributed by atoms with Crippen LogP contribution in [0.1, 0.15) is 46.8 Å². The Morgan fingerprint density at radius 1 is 1.18 bits per heavy atom. The molecule has 2 amide bonds. The molecule has 0 unspecified atom stereocenters. The van der Waals surface area contributed by atoms with E-state index in [0.29, 0.717) is 30.6 Å². The molecule has 0 saturated carbocycles. The average molecular weight is 449 g/mol. The Bertz CT molecular complexity index is 1090. The highest BCUT2D eigenvalue weighted by atomic mass is 16.6. The van der Waals surface area contributed by atoms with Gasteiger partial charge in [-0.1, -0.05) is 24.3 Å². The van der Waals surface area contributed by atoms with Crippen LogP contribution in [0.5, 0.6) is 0 Å². The van der Waals surface area contributed by atoms with Gasteiger partial charge in [0, 0.05) is 30.4 Å². The molecule has 4 rings (SSSR count). The minimum absolute atomic E-state index is 0.0148. The van der Waals surface area contributed by atoms with Crippen LogP contribution >= 0.6 is 0 Å². The topological polar surface area (TPSA) is 95.9 Å². The number of nitrogens with zero attached hydrogens (tertiary/aromatic N) is 1. The molecule has 0 radical (unpaired) electrons. The lowest BCUT2D eigenvalue weighted by Gasteiger charge is -2.16. The molecule has 33 heavy (non-hydrogen) atoms. The summed E-state index contributed by atoms with van der Waals surface area (Å²) in [6.45, 7) is 2.16. The van der Waals surface area contributed by atoms with Crippen molar-refractivity contribution < 1.29 is 24.2 Å². The number of aliphatic hydroxyl groups excluding tert-OH is 1. The summed E-state index contributed by atoms with van der Waals surface area (Å²) in [4.78, 5) is 38.3. The van der Waals surface area contributed by atoms with Crippen LogP contribution in [-0.2, 0) is 22.4 Å². The van der Waals surface area contributed by atoms with Gasteiger partial charge in [-0.05, 0) is 66.6 Å². The molecule has 2 N–H and O–H groups in total. The van der Waals surface area contributed by atoms with E-state index in [-0.39, 0.29) is 24.8 Å². The molecule has 1 atom stereocenters. The fraction of sp³-hybridized carbons (Fsp3) is 0.346. The molecule has 1 fully saturated rings. The zero-order chi connectivity index (χ0) is 23.4. The number of ketones is 1. The second-order valence-corrected chi connectivity index (χ2v) is 8.46. The number of amides is 2. The normalized spacial score (nSPS) is 19.3. The first-order valence-corrected chi connectivity index (χ1v) is 11.2. The van der Waals surface area contributed by atoms with Gasteiger partial charge < -0.3 is 15.2 Å². The molecule has 2 aliphatic rings. The highest BCUT2D eigenvalue weighted by Crippen LogP contribution is 2.30. The number of ether oxygens (including phenoxy) is 1. The van der Waals surface area contributed by atoms with Gasteiger partial charge in [0.15, 0.2) is 5.78 Å². The molecule has 1 aliphatic heterocycles. The van der Waals surface area contributed by atoms with Crippen LogP contribution in [0.25, 0.3) is 6.08 Å². The van der Waals surface area contributed by atoms with E-state index in [4.69, 9.17) is 9.84 Å². The van der Waals surface area contributed by atoms with Crippen LogP contribution in [0.3, 0.4) is 0 Å². The van der Waals surface area contributed by atoms with E-state index in [1.54, 1.807) is 17.0 Å². The van der Waals surface area contributed by atoms with E-state index in [2.05, 4.69) is 5.32 Å². The Balaban J connectivity index is 1.52. The molecule has 2 aromatic rings. The summed E-state index contributed by atoms with van der Waals surface area (Å²) in [6, 6.07) is 13.4. The van der Waals surface area contributed by atoms with Crippen molar-refractivity contribution in [1.29, 1.82) is 0 Å². The van der Waals surface area contributed by atoms with Gasteiger partial charge in [0.25, 0.3) is 0 Å². The van der Waals surface area contributed by atoms with Gasteiger partial charge in [-0.25, -0.2) is 4.79 Å². The summed E-state index contributed by atoms with van der Waals surface area (Å²) in [5.74, 6) is -0.154. The fourth-order valence-corrected chi connectivity index (χ4v) is 4.28. The summed E-state index contributed by atoms with van der Waals surface area (Å²) in [5, 5.41) is 11.7. The number of allylic oxidation sites excluding steroid dienone is 1. The van der Waals surface area contributed by atoms with Crippen molar-refractivity contribution >= 4 is 29.5 Å². The largest absolute Gasteiger partial charge is 0.442 e. The number of cyclic esters (lactones) is 1. The van der Waals surface area contributed by atoms with E-state index in [0.717, 1.165) is 35.1 Å². The van der Waals surface area contributed by atoms with Gasteiger partial charge >= 0.3 is 6.09 Å². The molecule has 7 nitrogen and oxygen atoms in total. The van der Waals surface area contributed by atoms with Crippen LogP contribution < -0.4 is 10.2 Å². The number of carbonyl (C=O) groups is 3. The van der Waals surface area contributed by atoms with Gasteiger partial charge in [-0.15, -0.1) is 0 Å². The summed E-state index contributed by atoms with van der Waals surface area (Å²) < 4.78 is 5.36. The third-order valence-corrected chi connectivity index (χ3v) is 6.00. The molecule has 2 aromatic carbocycles. The smallest absolute Gasteiger partial charge is 0.414 e. The lowest BCUT2D eigenvalue weighted by molar-refractivity contribution is -0.119. The van der Waals surface area contributed by atoms with Crippen molar-refractivity contribution in [1.82, 2.24) is 5.32 Å². The van der Waals surface area contributed by atoms with Crippen molar-refractivity contribution in [2.24, 2.45) is 0 Å². The lowest BCUT2D eigenvalue weighted by Crippen LogP contribution is -2.33. The van der Waals surface area contributed by atoms with Crippen LogP contribution in [0.2, 0.25) is 0 Å². The van der Waals surface area contributed by atoms with Gasteiger partial charge in [0.05, 0.1) is 13.1 Å². The maximum absolute atomic E-state index is 13.3. The van der Waals surface area contributed by atoms with Crippen LogP contribution in [-0.4, -0.2) is 48.7 Å². The van der Waals surface area contributed by atoms with E-state index in [1.807, 2.05) is 36.4 Å². The summed E-state index contributed by atoms with van der Waals surface area (Å²) in [6.07, 6.45) is 3.98. The lowest BCUT2D eigenvalue weighted by atomic mass is 9.97. The van der Waals surface area contributed by atoms with Gasteiger partial charge in [-0.2, -0.15) is 0 Å². The van der Waals surface area contributed by atoms with Crippen molar-refractivity contribution in [2.45, 2.75) is 38.7 Å². The van der Waals surface area contributed by atoms with Crippen molar-refractivity contribution in [3.63, 3.8) is 0 Å². The standard InChI is InChI=1S/C26H28N2O5/c1-17(30)27-15-23-16-28(26(32)33-23)22-9-10-24-20(14-22)3-2-4-21(25(24)31)13-19-7-5-18(6-8-19)11-12-29/h5-10,13-14,23,29H,2-4,11-12,15-16H2,1H3,(H,27,30)/b21-13+/t23-/m0/s1. The first kappa shape index (κ1) is 22.7. The molecule has 1 aliphatic carbocycles. The summed E-state index contributed by atoms with van der Waals surface area (Å²) >= 11 is 0. The predicted molar refractivity (Wildman–Crippen MR) is 125 cm³/mol. The Labute approximate surface area is 193 Å². The van der Waals surface area contributed by atoms with Gasteiger partial charge in [0.1, 0.15) is 6.10 Å². The van der Waals surface area contributed by atoms with Crippen LogP contribution in [0, 0.1) is 0 Å². The quantitative estimate of drug-likeness (QED) is 0.522. The number of aliphatic hydroxyl groups is 1. The molecule has 0 spiro atoms. The number of hydrogen-bond acceptors (Lipinski definition) is 5. The Hall–Kier alpha value is -3.45. The zero-order valence-electron chi connectivity index (χ0n) is 18.7. The monoisotopic (exact) mass is 448 g/mol. The number of anilines is 1. The predicted octanol–water partition coefficient (Wildman–Crippen LogP) is 3.29. The third kappa shape index (κ3) is 5.31. The molecule has 0 aromatic heterocycles. The van der Waals surface area contributed by atoms with E-state index in [9.17, 15) is 14.4 Å². The van der Waals surface area contributed by atoms with Crippen molar-refractivity contribution in [3.05, 3.63) is 70.3 Å².